The number of hydrogen-bond acceptors (Lipinski definition) is 5. The molecule has 0 atom stereocenters. The first-order valence-electron chi connectivity index (χ1n) is 5.26. The predicted octanol–water partition coefficient (Wildman–Crippen LogP) is 1.43. The van der Waals surface area contributed by atoms with E-state index in [1.165, 1.54) is 0 Å². The molecule has 96 valence electrons. The Labute approximate surface area is 109 Å². The highest BCUT2D eigenvalue weighted by atomic mass is 35.7. The van der Waals surface area contributed by atoms with E-state index in [9.17, 15) is 8.42 Å². The van der Waals surface area contributed by atoms with Crippen molar-refractivity contribution >= 4 is 19.7 Å². The molecule has 0 saturated carbocycles. The molecular weight excluding hydrogens is 276 g/mol. The second-order valence-corrected chi connectivity index (χ2v) is 6.40. The molecule has 0 amide bonds. The third-order valence-corrected chi connectivity index (χ3v) is 3.31. The molecule has 6 nitrogen and oxygen atoms in total. The van der Waals surface area contributed by atoms with E-state index in [0.717, 1.165) is 5.56 Å². The lowest BCUT2D eigenvalue weighted by Gasteiger charge is -2.05. The minimum Gasteiger partial charge on any atom is -0.265 e. The van der Waals surface area contributed by atoms with Crippen molar-refractivity contribution in [3.05, 3.63) is 30.2 Å². The summed E-state index contributed by atoms with van der Waals surface area (Å²) in [6.07, 6.45) is 3.25. The third-order valence-electron chi connectivity index (χ3n) is 2.37. The molecule has 0 spiro atoms. The summed E-state index contributed by atoms with van der Waals surface area (Å²) in [6.45, 7) is 2.49. The van der Waals surface area contributed by atoms with Gasteiger partial charge in [-0.3, -0.25) is 4.98 Å². The molecule has 18 heavy (non-hydrogen) atoms. The molecule has 0 N–H and O–H groups in total. The molecule has 2 aromatic rings. The van der Waals surface area contributed by atoms with E-state index in [-0.39, 0.29) is 5.75 Å². The van der Waals surface area contributed by atoms with E-state index < -0.39 is 9.05 Å². The van der Waals surface area contributed by atoms with Gasteiger partial charge in [0.05, 0.1) is 5.69 Å². The molecule has 0 fully saturated rings. The van der Waals surface area contributed by atoms with Gasteiger partial charge >= 0.3 is 0 Å². The van der Waals surface area contributed by atoms with E-state index in [2.05, 4.69) is 15.3 Å². The molecule has 0 aliphatic carbocycles. The van der Waals surface area contributed by atoms with Crippen LogP contribution in [0.3, 0.4) is 0 Å². The maximum Gasteiger partial charge on any atom is 0.238 e. The molecule has 0 aliphatic heterocycles. The molecule has 0 unspecified atom stereocenters. The summed E-state index contributed by atoms with van der Waals surface area (Å²) in [5.41, 5.74) is 1.81. The van der Waals surface area contributed by atoms with Crippen LogP contribution in [0.2, 0.25) is 0 Å². The number of nitrogens with zero attached hydrogens (tertiary/aromatic N) is 4. The molecule has 2 aromatic heterocycles. The minimum absolute atomic E-state index is 0.341. The maximum absolute atomic E-state index is 11.2. The van der Waals surface area contributed by atoms with Crippen LogP contribution in [-0.2, 0) is 21.3 Å². The van der Waals surface area contributed by atoms with Crippen LogP contribution in [0.5, 0.6) is 0 Å². The molecule has 8 heteroatoms. The fraction of sp³-hybridized carbons (Fsp3) is 0.300. The first-order valence-corrected chi connectivity index (χ1v) is 7.74. The van der Waals surface area contributed by atoms with Gasteiger partial charge in [-0.2, -0.15) is 0 Å². The Balaban J connectivity index is 2.53. The number of halogens is 1. The Bertz CT molecular complexity index is 639. The van der Waals surface area contributed by atoms with Gasteiger partial charge in [0.15, 0.2) is 0 Å². The first kappa shape index (κ1) is 13.0. The number of aromatic nitrogens is 4. The molecule has 0 saturated heterocycles. The van der Waals surface area contributed by atoms with E-state index in [4.69, 9.17) is 10.7 Å². The number of aryl methyl sites for hydroxylation is 1. The lowest BCUT2D eigenvalue weighted by molar-refractivity contribution is 0.608. The Hall–Kier alpha value is -1.47. The van der Waals surface area contributed by atoms with E-state index in [1.54, 1.807) is 29.2 Å². The minimum atomic E-state index is -3.66. The van der Waals surface area contributed by atoms with Crippen LogP contribution >= 0.6 is 10.7 Å². The molecule has 0 aliphatic rings. The number of hydrogen-bond donors (Lipinski definition) is 0. The zero-order chi connectivity index (χ0) is 13.2. The average Bonchev–Trinajstić information content (AvgIpc) is 2.70. The number of pyridine rings is 1. The fourth-order valence-electron chi connectivity index (χ4n) is 1.66. The van der Waals surface area contributed by atoms with Gasteiger partial charge in [0, 0.05) is 35.2 Å². The lowest BCUT2D eigenvalue weighted by Crippen LogP contribution is -2.02. The summed E-state index contributed by atoms with van der Waals surface area (Å²) in [4.78, 5) is 3.92. The molecular formula is C10H11ClN4O2S. The van der Waals surface area contributed by atoms with Crippen molar-refractivity contribution in [3.8, 4) is 11.3 Å². The second kappa shape index (κ2) is 5.03. The van der Waals surface area contributed by atoms with Crippen LogP contribution in [0.1, 0.15) is 12.6 Å². The van der Waals surface area contributed by atoms with Crippen LogP contribution < -0.4 is 0 Å². The zero-order valence-electron chi connectivity index (χ0n) is 9.62. The highest BCUT2D eigenvalue weighted by Crippen LogP contribution is 2.23. The summed E-state index contributed by atoms with van der Waals surface area (Å²) in [6, 6.07) is 3.55. The molecule has 2 heterocycles. The van der Waals surface area contributed by atoms with E-state index in [1.807, 2.05) is 6.92 Å². The SMILES string of the molecule is CCn1nnc(CS(=O)(=O)Cl)c1-c1ccncc1. The summed E-state index contributed by atoms with van der Waals surface area (Å²) in [5.74, 6) is -0.341. The van der Waals surface area contributed by atoms with Crippen molar-refractivity contribution < 1.29 is 8.42 Å². The maximum atomic E-state index is 11.2. The summed E-state index contributed by atoms with van der Waals surface area (Å²) in [7, 11) is 1.60. The monoisotopic (exact) mass is 286 g/mol. The Morgan fingerprint density at radius 3 is 2.56 bits per heavy atom. The van der Waals surface area contributed by atoms with Crippen LogP contribution in [0, 0.1) is 0 Å². The summed E-state index contributed by atoms with van der Waals surface area (Å²) >= 11 is 0. The Kier molecular flexibility index (Phi) is 3.63. The quantitative estimate of drug-likeness (QED) is 0.795. The normalized spacial score (nSPS) is 11.7. The molecule has 0 aromatic carbocycles. The van der Waals surface area contributed by atoms with Gasteiger partial charge in [-0.1, -0.05) is 5.21 Å². The van der Waals surface area contributed by atoms with Gasteiger partial charge in [0.2, 0.25) is 9.05 Å². The zero-order valence-corrected chi connectivity index (χ0v) is 11.2. The van der Waals surface area contributed by atoms with Gasteiger partial charge < -0.3 is 0 Å². The van der Waals surface area contributed by atoms with Crippen LogP contribution in [-0.4, -0.2) is 28.4 Å². The van der Waals surface area contributed by atoms with Crippen molar-refractivity contribution in [2.45, 2.75) is 19.2 Å². The fourth-order valence-corrected chi connectivity index (χ4v) is 2.49. The van der Waals surface area contributed by atoms with Crippen molar-refractivity contribution in [1.29, 1.82) is 0 Å². The van der Waals surface area contributed by atoms with Crippen molar-refractivity contribution in [2.24, 2.45) is 0 Å². The topological polar surface area (TPSA) is 77.7 Å². The third kappa shape index (κ3) is 2.85. The second-order valence-electron chi connectivity index (χ2n) is 3.62. The van der Waals surface area contributed by atoms with Gasteiger partial charge in [-0.25, -0.2) is 13.1 Å². The Morgan fingerprint density at radius 1 is 1.33 bits per heavy atom. The van der Waals surface area contributed by atoms with Gasteiger partial charge in [0.25, 0.3) is 0 Å². The van der Waals surface area contributed by atoms with Gasteiger partial charge in [-0.15, -0.1) is 5.10 Å². The van der Waals surface area contributed by atoms with Gasteiger partial charge in [-0.05, 0) is 19.1 Å². The van der Waals surface area contributed by atoms with E-state index >= 15 is 0 Å². The van der Waals surface area contributed by atoms with Crippen molar-refractivity contribution in [3.63, 3.8) is 0 Å². The first-order chi connectivity index (χ1) is 8.51. The lowest BCUT2D eigenvalue weighted by atomic mass is 10.1. The molecule has 0 radical (unpaired) electrons. The highest BCUT2D eigenvalue weighted by Gasteiger charge is 2.19. The van der Waals surface area contributed by atoms with E-state index in [0.29, 0.717) is 17.9 Å². The van der Waals surface area contributed by atoms with Crippen molar-refractivity contribution in [2.75, 3.05) is 0 Å². The van der Waals surface area contributed by atoms with Crippen molar-refractivity contribution in [1.82, 2.24) is 20.0 Å². The summed E-state index contributed by atoms with van der Waals surface area (Å²) in [5, 5.41) is 7.80. The predicted molar refractivity (Wildman–Crippen MR) is 67.4 cm³/mol. The largest absolute Gasteiger partial charge is 0.265 e. The van der Waals surface area contributed by atoms with Crippen LogP contribution in [0.25, 0.3) is 11.3 Å². The molecule has 2 rings (SSSR count). The highest BCUT2D eigenvalue weighted by molar-refractivity contribution is 8.13. The van der Waals surface area contributed by atoms with Crippen LogP contribution in [0.4, 0.5) is 0 Å². The smallest absolute Gasteiger partial charge is 0.238 e. The standard InChI is InChI=1S/C10H11ClN4O2S/c1-2-15-10(8-3-5-12-6-4-8)9(13-14-15)7-18(11,16)17/h3-6H,2,7H2,1H3. The van der Waals surface area contributed by atoms with Crippen LogP contribution in [0.15, 0.2) is 24.5 Å². The average molecular weight is 287 g/mol. The molecule has 0 bridgehead atoms. The van der Waals surface area contributed by atoms with Gasteiger partial charge in [0.1, 0.15) is 11.4 Å². The Morgan fingerprint density at radius 2 is 2.00 bits per heavy atom. The number of rotatable bonds is 4. The summed E-state index contributed by atoms with van der Waals surface area (Å²) < 4.78 is 23.9.